The highest BCUT2D eigenvalue weighted by atomic mass is 16.5. The Bertz CT molecular complexity index is 260. The molecule has 1 aliphatic carbocycles. The van der Waals surface area contributed by atoms with E-state index in [0.717, 1.165) is 31.6 Å². The number of nitriles is 1. The van der Waals surface area contributed by atoms with Crippen LogP contribution in [0.3, 0.4) is 0 Å². The Labute approximate surface area is 98.4 Å². The van der Waals surface area contributed by atoms with Crippen LogP contribution in [0, 0.1) is 22.7 Å². The Morgan fingerprint density at radius 3 is 2.44 bits per heavy atom. The smallest absolute Gasteiger partial charge is 0.104 e. The number of ether oxygens (including phenoxy) is 1. The summed E-state index contributed by atoms with van der Waals surface area (Å²) in [6, 6.07) is 2.36. The van der Waals surface area contributed by atoms with Crippen LogP contribution in [0.1, 0.15) is 46.0 Å². The number of aliphatic hydroxyl groups is 1. The molecule has 0 saturated heterocycles. The van der Waals surface area contributed by atoms with Crippen LogP contribution in [0.15, 0.2) is 0 Å². The first kappa shape index (κ1) is 13.5. The minimum Gasteiger partial charge on any atom is -0.386 e. The minimum atomic E-state index is -1.03. The van der Waals surface area contributed by atoms with Gasteiger partial charge in [-0.05, 0) is 38.5 Å². The summed E-state index contributed by atoms with van der Waals surface area (Å²) in [4.78, 5) is 0. The Kier molecular flexibility index (Phi) is 4.35. The van der Waals surface area contributed by atoms with Crippen molar-refractivity contribution in [3.63, 3.8) is 0 Å². The predicted molar refractivity (Wildman–Crippen MR) is 62.8 cm³/mol. The molecule has 0 aromatic heterocycles. The summed E-state index contributed by atoms with van der Waals surface area (Å²) < 4.78 is 5.04. The molecule has 0 aromatic rings. The number of methoxy groups -OCH3 is 1. The normalized spacial score (nSPS) is 34.1. The molecular weight excluding hydrogens is 202 g/mol. The lowest BCUT2D eigenvalue weighted by Crippen LogP contribution is -2.50. The first-order chi connectivity index (χ1) is 7.51. The van der Waals surface area contributed by atoms with Gasteiger partial charge in [-0.15, -0.1) is 0 Å². The van der Waals surface area contributed by atoms with Crippen LogP contribution in [-0.4, -0.2) is 24.4 Å². The topological polar surface area (TPSA) is 53.2 Å². The summed E-state index contributed by atoms with van der Waals surface area (Å²) in [5.41, 5.74) is -1.65. The molecular formula is C13H23NO2. The fourth-order valence-corrected chi connectivity index (χ4v) is 2.77. The number of rotatable bonds is 4. The molecule has 1 unspecified atom stereocenters. The first-order valence-corrected chi connectivity index (χ1v) is 6.14. The zero-order valence-electron chi connectivity index (χ0n) is 10.6. The molecule has 1 rings (SSSR count). The van der Waals surface area contributed by atoms with Crippen molar-refractivity contribution in [2.75, 3.05) is 13.7 Å². The first-order valence-electron chi connectivity index (χ1n) is 6.14. The molecule has 0 spiro atoms. The fourth-order valence-electron chi connectivity index (χ4n) is 2.77. The van der Waals surface area contributed by atoms with E-state index in [4.69, 9.17) is 4.74 Å². The molecule has 0 amide bonds. The van der Waals surface area contributed by atoms with Crippen LogP contribution in [0.5, 0.6) is 0 Å². The summed E-state index contributed by atoms with van der Waals surface area (Å²) in [6.45, 7) is 4.15. The second kappa shape index (κ2) is 5.16. The van der Waals surface area contributed by atoms with Crippen LogP contribution >= 0.6 is 0 Å². The van der Waals surface area contributed by atoms with Crippen molar-refractivity contribution in [2.24, 2.45) is 11.3 Å². The third-order valence-corrected chi connectivity index (χ3v) is 4.21. The highest BCUT2D eigenvalue weighted by Crippen LogP contribution is 2.46. The van der Waals surface area contributed by atoms with Crippen LogP contribution in [-0.2, 0) is 4.74 Å². The van der Waals surface area contributed by atoms with Gasteiger partial charge in [0.25, 0.3) is 0 Å². The zero-order chi connectivity index (χ0) is 12.2. The standard InChI is InChI=1S/C13H23NO2/c1-4-11-5-7-13(9-14,8-6-11)12(2,15)10-16-3/h11,15H,4-8,10H2,1-3H3. The van der Waals surface area contributed by atoms with Crippen molar-refractivity contribution < 1.29 is 9.84 Å². The molecule has 0 aromatic carbocycles. The average molecular weight is 225 g/mol. The highest BCUT2D eigenvalue weighted by Gasteiger charge is 2.49. The number of hydrogen-bond acceptors (Lipinski definition) is 3. The third kappa shape index (κ3) is 2.39. The SMILES string of the molecule is CCC1CCC(C#N)(C(C)(O)COC)CC1. The predicted octanol–water partition coefficient (Wildman–Crippen LogP) is 2.49. The third-order valence-electron chi connectivity index (χ3n) is 4.21. The van der Waals surface area contributed by atoms with Crippen LogP contribution in [0.2, 0.25) is 0 Å². The lowest BCUT2D eigenvalue weighted by Gasteiger charge is -2.44. The van der Waals surface area contributed by atoms with Gasteiger partial charge in [-0.1, -0.05) is 13.3 Å². The van der Waals surface area contributed by atoms with Crippen molar-refractivity contribution in [3.8, 4) is 6.07 Å². The van der Waals surface area contributed by atoms with Crippen molar-refractivity contribution in [1.82, 2.24) is 0 Å². The number of nitrogens with zero attached hydrogens (tertiary/aromatic N) is 1. The van der Waals surface area contributed by atoms with Gasteiger partial charge in [-0.25, -0.2) is 0 Å². The summed E-state index contributed by atoms with van der Waals surface area (Å²) in [7, 11) is 1.57. The molecule has 0 aliphatic heterocycles. The largest absolute Gasteiger partial charge is 0.386 e. The molecule has 0 radical (unpaired) electrons. The van der Waals surface area contributed by atoms with Gasteiger partial charge in [0.05, 0.1) is 18.1 Å². The molecule has 1 fully saturated rings. The van der Waals surface area contributed by atoms with Crippen molar-refractivity contribution in [2.45, 2.75) is 51.6 Å². The molecule has 3 heteroatoms. The zero-order valence-corrected chi connectivity index (χ0v) is 10.6. The monoisotopic (exact) mass is 225 g/mol. The maximum Gasteiger partial charge on any atom is 0.104 e. The van der Waals surface area contributed by atoms with Gasteiger partial charge in [0.1, 0.15) is 5.60 Å². The van der Waals surface area contributed by atoms with E-state index < -0.39 is 11.0 Å². The van der Waals surface area contributed by atoms with Crippen molar-refractivity contribution in [3.05, 3.63) is 0 Å². The molecule has 3 nitrogen and oxygen atoms in total. The summed E-state index contributed by atoms with van der Waals surface area (Å²) in [5.74, 6) is 0.722. The lowest BCUT2D eigenvalue weighted by atomic mass is 9.62. The van der Waals surface area contributed by atoms with E-state index in [-0.39, 0.29) is 6.61 Å². The van der Waals surface area contributed by atoms with Crippen molar-refractivity contribution >= 4 is 0 Å². The Balaban J connectivity index is 2.77. The van der Waals surface area contributed by atoms with E-state index in [0.29, 0.717) is 0 Å². The molecule has 1 aliphatic rings. The molecule has 1 N–H and O–H groups in total. The molecule has 0 heterocycles. The van der Waals surface area contributed by atoms with Crippen LogP contribution < -0.4 is 0 Å². The maximum absolute atomic E-state index is 10.4. The van der Waals surface area contributed by atoms with E-state index in [1.165, 1.54) is 6.42 Å². The summed E-state index contributed by atoms with van der Waals surface area (Å²) in [5, 5.41) is 19.8. The van der Waals surface area contributed by atoms with Crippen LogP contribution in [0.25, 0.3) is 0 Å². The van der Waals surface area contributed by atoms with E-state index >= 15 is 0 Å². The van der Waals surface area contributed by atoms with Gasteiger partial charge in [-0.3, -0.25) is 0 Å². The van der Waals surface area contributed by atoms with E-state index in [1.54, 1.807) is 14.0 Å². The molecule has 92 valence electrons. The number of hydrogen-bond donors (Lipinski definition) is 1. The fraction of sp³-hybridized carbons (Fsp3) is 0.923. The van der Waals surface area contributed by atoms with Gasteiger partial charge in [0.2, 0.25) is 0 Å². The van der Waals surface area contributed by atoms with E-state index in [9.17, 15) is 10.4 Å². The Hall–Kier alpha value is -0.590. The van der Waals surface area contributed by atoms with Gasteiger partial charge in [-0.2, -0.15) is 5.26 Å². The van der Waals surface area contributed by atoms with E-state index in [2.05, 4.69) is 13.0 Å². The lowest BCUT2D eigenvalue weighted by molar-refractivity contribution is -0.105. The highest BCUT2D eigenvalue weighted by molar-refractivity contribution is 5.11. The Morgan fingerprint density at radius 2 is 2.06 bits per heavy atom. The summed E-state index contributed by atoms with van der Waals surface area (Å²) in [6.07, 6.45) is 4.85. The second-order valence-corrected chi connectivity index (χ2v) is 5.25. The summed E-state index contributed by atoms with van der Waals surface area (Å²) >= 11 is 0. The second-order valence-electron chi connectivity index (χ2n) is 5.25. The quantitative estimate of drug-likeness (QED) is 0.799. The molecule has 1 atom stereocenters. The molecule has 1 saturated carbocycles. The maximum atomic E-state index is 10.4. The van der Waals surface area contributed by atoms with Crippen LogP contribution in [0.4, 0.5) is 0 Å². The van der Waals surface area contributed by atoms with E-state index in [1.807, 2.05) is 0 Å². The molecule has 16 heavy (non-hydrogen) atoms. The average Bonchev–Trinajstić information content (AvgIpc) is 2.29. The van der Waals surface area contributed by atoms with Crippen molar-refractivity contribution in [1.29, 1.82) is 5.26 Å². The molecule has 0 bridgehead atoms. The van der Waals surface area contributed by atoms with Gasteiger partial charge in [0, 0.05) is 7.11 Å². The van der Waals surface area contributed by atoms with Gasteiger partial charge >= 0.3 is 0 Å². The van der Waals surface area contributed by atoms with Gasteiger partial charge in [0.15, 0.2) is 0 Å². The minimum absolute atomic E-state index is 0.233. The van der Waals surface area contributed by atoms with Gasteiger partial charge < -0.3 is 9.84 Å². The Morgan fingerprint density at radius 1 is 1.50 bits per heavy atom.